The lowest BCUT2D eigenvalue weighted by molar-refractivity contribution is -0.0123. The second-order valence-corrected chi connectivity index (χ2v) is 12.7. The van der Waals surface area contributed by atoms with E-state index in [1.54, 1.807) is 0 Å². The Bertz CT molecular complexity index is 635. The summed E-state index contributed by atoms with van der Waals surface area (Å²) in [6.45, 7) is 17.6. The van der Waals surface area contributed by atoms with Gasteiger partial charge in [0.2, 0.25) is 0 Å². The fourth-order valence-electron chi connectivity index (χ4n) is 6.18. The van der Waals surface area contributed by atoms with E-state index in [-0.39, 0.29) is 15.6 Å². The summed E-state index contributed by atoms with van der Waals surface area (Å²) in [5.41, 5.74) is 2.56. The van der Waals surface area contributed by atoms with Gasteiger partial charge in [-0.2, -0.15) is 25.3 Å². The van der Waals surface area contributed by atoms with Gasteiger partial charge >= 0.3 is 0 Å². The first-order valence-corrected chi connectivity index (χ1v) is 11.4. The zero-order chi connectivity index (χ0) is 20.7. The van der Waals surface area contributed by atoms with Gasteiger partial charge in [-0.15, -0.1) is 0 Å². The quantitative estimate of drug-likeness (QED) is 0.243. The SMILES string of the molecule is C=C/C(=C\C(CS)=C(\O)CC1(C)CC2CC(C)(S)CC(C)(C2)C1)C(C)(C)C. The Labute approximate surface area is 178 Å². The van der Waals surface area contributed by atoms with Crippen LogP contribution in [-0.2, 0) is 0 Å². The van der Waals surface area contributed by atoms with Crippen LogP contribution in [0.1, 0.15) is 80.1 Å². The molecule has 2 fully saturated rings. The summed E-state index contributed by atoms with van der Waals surface area (Å²) in [5.74, 6) is 1.77. The molecule has 2 saturated carbocycles. The predicted octanol–water partition coefficient (Wildman–Crippen LogP) is 7.57. The van der Waals surface area contributed by atoms with E-state index in [0.717, 1.165) is 24.0 Å². The molecule has 0 aromatic heterocycles. The van der Waals surface area contributed by atoms with Crippen molar-refractivity contribution in [2.24, 2.45) is 22.2 Å². The van der Waals surface area contributed by atoms with Crippen molar-refractivity contribution in [3.8, 4) is 0 Å². The number of aliphatic hydroxyl groups is 1. The summed E-state index contributed by atoms with van der Waals surface area (Å²) in [6.07, 6.45) is 10.7. The molecule has 27 heavy (non-hydrogen) atoms. The minimum Gasteiger partial charge on any atom is -0.512 e. The smallest absolute Gasteiger partial charge is 0.0968 e. The van der Waals surface area contributed by atoms with Crippen molar-refractivity contribution in [3.05, 3.63) is 35.6 Å². The van der Waals surface area contributed by atoms with E-state index in [4.69, 9.17) is 12.6 Å². The lowest BCUT2D eigenvalue weighted by Gasteiger charge is -2.55. The van der Waals surface area contributed by atoms with E-state index >= 15 is 0 Å². The maximum Gasteiger partial charge on any atom is 0.0968 e. The van der Waals surface area contributed by atoms with Gasteiger partial charge in [0.15, 0.2) is 0 Å². The molecule has 1 nitrogen and oxygen atoms in total. The predicted molar refractivity (Wildman–Crippen MR) is 126 cm³/mol. The molecule has 0 aromatic carbocycles. The number of rotatable bonds is 5. The van der Waals surface area contributed by atoms with Gasteiger partial charge in [0, 0.05) is 16.9 Å². The molecular weight excluding hydrogens is 368 g/mol. The maximum absolute atomic E-state index is 11.0. The van der Waals surface area contributed by atoms with Crippen molar-refractivity contribution < 1.29 is 5.11 Å². The molecule has 0 saturated heterocycles. The van der Waals surface area contributed by atoms with Gasteiger partial charge in [0.1, 0.15) is 0 Å². The lowest BCUT2D eigenvalue weighted by Crippen LogP contribution is -2.47. The van der Waals surface area contributed by atoms with E-state index in [1.165, 1.54) is 25.7 Å². The van der Waals surface area contributed by atoms with Crippen molar-refractivity contribution in [3.63, 3.8) is 0 Å². The molecule has 0 radical (unpaired) electrons. The van der Waals surface area contributed by atoms with E-state index in [1.807, 2.05) is 6.08 Å². The number of fused-ring (bicyclic) bond motifs is 2. The van der Waals surface area contributed by atoms with Crippen molar-refractivity contribution >= 4 is 25.3 Å². The van der Waals surface area contributed by atoms with Gasteiger partial charge in [-0.1, -0.05) is 60.3 Å². The number of hydrogen-bond donors (Lipinski definition) is 3. The molecule has 4 atom stereocenters. The lowest BCUT2D eigenvalue weighted by atomic mass is 9.52. The Kier molecular flexibility index (Phi) is 6.70. The van der Waals surface area contributed by atoms with Gasteiger partial charge in [-0.25, -0.2) is 0 Å². The summed E-state index contributed by atoms with van der Waals surface area (Å²) in [5, 5.41) is 11.0. The highest BCUT2D eigenvalue weighted by molar-refractivity contribution is 7.81. The van der Waals surface area contributed by atoms with Gasteiger partial charge in [-0.05, 0) is 65.4 Å². The number of allylic oxidation sites excluding steroid dienone is 4. The van der Waals surface area contributed by atoms with Crippen LogP contribution in [0, 0.1) is 22.2 Å². The highest BCUT2D eigenvalue weighted by Gasteiger charge is 2.50. The van der Waals surface area contributed by atoms with Crippen LogP contribution in [0.25, 0.3) is 0 Å². The Morgan fingerprint density at radius 2 is 1.78 bits per heavy atom. The van der Waals surface area contributed by atoms with Gasteiger partial charge < -0.3 is 5.11 Å². The molecule has 0 heterocycles. The van der Waals surface area contributed by atoms with Crippen LogP contribution in [0.2, 0.25) is 0 Å². The Hall–Kier alpha value is -0.280. The third-order valence-corrected chi connectivity index (χ3v) is 7.18. The van der Waals surface area contributed by atoms with Crippen LogP contribution in [0.5, 0.6) is 0 Å². The zero-order valence-electron chi connectivity index (χ0n) is 18.2. The fourth-order valence-corrected chi connectivity index (χ4v) is 7.09. The summed E-state index contributed by atoms with van der Waals surface area (Å²) < 4.78 is 0.154. The Balaban J connectivity index is 2.27. The summed E-state index contributed by atoms with van der Waals surface area (Å²) in [4.78, 5) is 0. The number of hydrogen-bond acceptors (Lipinski definition) is 3. The summed E-state index contributed by atoms with van der Waals surface area (Å²) in [6, 6.07) is 0. The Morgan fingerprint density at radius 1 is 1.15 bits per heavy atom. The van der Waals surface area contributed by atoms with Crippen molar-refractivity contribution in [2.75, 3.05) is 5.75 Å². The van der Waals surface area contributed by atoms with E-state index in [9.17, 15) is 5.11 Å². The van der Waals surface area contributed by atoms with Gasteiger partial charge in [-0.3, -0.25) is 0 Å². The summed E-state index contributed by atoms with van der Waals surface area (Å²) >= 11 is 9.45. The third-order valence-electron chi connectivity index (χ3n) is 6.50. The van der Waals surface area contributed by atoms with Crippen molar-refractivity contribution in [1.82, 2.24) is 0 Å². The zero-order valence-corrected chi connectivity index (χ0v) is 20.0. The van der Waals surface area contributed by atoms with E-state index in [0.29, 0.717) is 22.8 Å². The molecule has 4 unspecified atom stereocenters. The average molecular weight is 409 g/mol. The molecule has 0 aliphatic heterocycles. The van der Waals surface area contributed by atoms with E-state index in [2.05, 4.69) is 66.8 Å². The second-order valence-electron chi connectivity index (χ2n) is 11.3. The van der Waals surface area contributed by atoms with Crippen LogP contribution >= 0.6 is 25.3 Å². The molecule has 0 spiro atoms. The first kappa shape index (κ1) is 23.0. The van der Waals surface area contributed by atoms with E-state index < -0.39 is 0 Å². The molecule has 154 valence electrons. The van der Waals surface area contributed by atoms with Crippen molar-refractivity contribution in [2.45, 2.75) is 84.8 Å². The van der Waals surface area contributed by atoms with Crippen LogP contribution in [0.4, 0.5) is 0 Å². The molecule has 3 heteroatoms. The molecular formula is C24H40OS2. The minimum absolute atomic E-state index is 0.00645. The van der Waals surface area contributed by atoms with Crippen molar-refractivity contribution in [1.29, 1.82) is 0 Å². The monoisotopic (exact) mass is 408 g/mol. The second kappa shape index (κ2) is 7.86. The topological polar surface area (TPSA) is 20.2 Å². The molecule has 0 amide bonds. The van der Waals surface area contributed by atoms with Crippen LogP contribution in [-0.4, -0.2) is 15.6 Å². The Morgan fingerprint density at radius 3 is 2.26 bits per heavy atom. The largest absolute Gasteiger partial charge is 0.512 e. The number of aliphatic hydroxyl groups excluding tert-OH is 1. The minimum atomic E-state index is 0.00645. The molecule has 2 bridgehead atoms. The molecule has 2 rings (SSSR count). The molecule has 2 aliphatic rings. The first-order chi connectivity index (χ1) is 12.2. The van der Waals surface area contributed by atoms with Gasteiger partial charge in [0.05, 0.1) is 5.76 Å². The summed E-state index contributed by atoms with van der Waals surface area (Å²) in [7, 11) is 0. The van der Waals surface area contributed by atoms with Crippen LogP contribution in [0.15, 0.2) is 35.6 Å². The molecule has 1 N–H and O–H groups in total. The van der Waals surface area contributed by atoms with Gasteiger partial charge in [0.25, 0.3) is 0 Å². The van der Waals surface area contributed by atoms with Crippen LogP contribution < -0.4 is 0 Å². The highest BCUT2D eigenvalue weighted by atomic mass is 32.1. The number of thiol groups is 2. The average Bonchev–Trinajstić information content (AvgIpc) is 2.41. The first-order valence-electron chi connectivity index (χ1n) is 10.3. The fraction of sp³-hybridized carbons (Fsp3) is 0.750. The molecule has 0 aromatic rings. The highest BCUT2D eigenvalue weighted by Crippen LogP contribution is 2.60. The van der Waals surface area contributed by atoms with Crippen LogP contribution in [0.3, 0.4) is 0 Å². The maximum atomic E-state index is 11.0. The standard InChI is InChI=1S/C24H40OS2/c1-8-19(21(2,3)4)9-18(14-26)20(25)13-22(5)10-17-11-23(6,15-22)16-24(7,27)12-17/h8-9,17,25-27H,1,10-16H2,2-7H3/b19-9+,20-18-. The molecule has 2 aliphatic carbocycles. The third kappa shape index (κ3) is 5.85. The normalized spacial score (nSPS) is 38.4.